The van der Waals surface area contributed by atoms with Gasteiger partial charge in [-0.05, 0) is 77.2 Å². The molecule has 1 atom stereocenters. The lowest BCUT2D eigenvalue weighted by atomic mass is 9.97. The van der Waals surface area contributed by atoms with Crippen LogP contribution in [-0.2, 0) is 19.6 Å². The van der Waals surface area contributed by atoms with Crippen molar-refractivity contribution in [1.29, 1.82) is 0 Å². The molecule has 3 heterocycles. The zero-order valence-electron chi connectivity index (χ0n) is 19.4. The number of hydrogen-bond donors (Lipinski definition) is 2. The number of piperidine rings is 1. The van der Waals surface area contributed by atoms with Gasteiger partial charge >= 0.3 is 0 Å². The molecule has 10 heteroatoms. The number of aryl methyl sites for hydroxylation is 1. The van der Waals surface area contributed by atoms with E-state index in [1.807, 2.05) is 0 Å². The zero-order chi connectivity index (χ0) is 23.6. The number of carbonyl (C=O) groups is 2. The molecule has 2 fully saturated rings. The summed E-state index contributed by atoms with van der Waals surface area (Å²) in [5.41, 5.74) is 1.03. The topological polar surface area (TPSA) is 108 Å². The minimum absolute atomic E-state index is 0.0246. The molecule has 2 saturated heterocycles. The lowest BCUT2D eigenvalue weighted by Crippen LogP contribution is -2.43. The molecule has 0 unspecified atom stereocenters. The molecule has 0 spiro atoms. The Morgan fingerprint density at radius 2 is 1.88 bits per heavy atom. The SMILES string of the molecule is Cc1cc2c(cc1S(=O)(=O)N1CCC(C(=O)NCCCN3CCCC3)CC1)O[C@@H](C)C(=O)N2. The second-order valence-electron chi connectivity index (χ2n) is 9.23. The van der Waals surface area contributed by atoms with Crippen LogP contribution in [0.4, 0.5) is 5.69 Å². The van der Waals surface area contributed by atoms with Crippen LogP contribution in [0.5, 0.6) is 5.75 Å². The monoisotopic (exact) mass is 478 g/mol. The van der Waals surface area contributed by atoms with Crippen LogP contribution in [0.1, 0.15) is 44.6 Å². The smallest absolute Gasteiger partial charge is 0.265 e. The average molecular weight is 479 g/mol. The second-order valence-corrected chi connectivity index (χ2v) is 11.1. The van der Waals surface area contributed by atoms with Gasteiger partial charge in [0.1, 0.15) is 5.75 Å². The molecule has 4 rings (SSSR count). The number of fused-ring (bicyclic) bond motifs is 1. The molecule has 3 aliphatic heterocycles. The lowest BCUT2D eigenvalue weighted by Gasteiger charge is -2.31. The number of likely N-dealkylation sites (tertiary alicyclic amines) is 1. The number of anilines is 1. The zero-order valence-corrected chi connectivity index (χ0v) is 20.2. The van der Waals surface area contributed by atoms with Crippen molar-refractivity contribution in [3.05, 3.63) is 17.7 Å². The van der Waals surface area contributed by atoms with Crippen LogP contribution in [0.2, 0.25) is 0 Å². The first-order valence-electron chi connectivity index (χ1n) is 11.9. The highest BCUT2D eigenvalue weighted by Crippen LogP contribution is 2.36. The Morgan fingerprint density at radius 1 is 1.18 bits per heavy atom. The normalized spacial score (nSPS) is 22.5. The Bertz CT molecular complexity index is 998. The van der Waals surface area contributed by atoms with Gasteiger partial charge in [0, 0.05) is 31.6 Å². The molecule has 2 N–H and O–H groups in total. The van der Waals surface area contributed by atoms with Gasteiger partial charge in [-0.15, -0.1) is 0 Å². The summed E-state index contributed by atoms with van der Waals surface area (Å²) in [6.45, 7) is 7.93. The van der Waals surface area contributed by atoms with Crippen molar-refractivity contribution in [1.82, 2.24) is 14.5 Å². The van der Waals surface area contributed by atoms with Gasteiger partial charge in [-0.1, -0.05) is 0 Å². The summed E-state index contributed by atoms with van der Waals surface area (Å²) in [5.74, 6) is -0.0350. The fourth-order valence-corrected chi connectivity index (χ4v) is 6.47. The molecule has 1 aromatic carbocycles. The first kappa shape index (κ1) is 24.0. The molecule has 0 radical (unpaired) electrons. The molecular weight excluding hydrogens is 444 g/mol. The van der Waals surface area contributed by atoms with Gasteiger partial charge in [0.25, 0.3) is 5.91 Å². The molecule has 3 aliphatic rings. The number of nitrogens with zero attached hydrogens (tertiary/aromatic N) is 2. The number of benzene rings is 1. The van der Waals surface area contributed by atoms with Crippen LogP contribution in [-0.4, -0.2) is 74.8 Å². The number of nitrogens with one attached hydrogen (secondary N) is 2. The molecule has 9 nitrogen and oxygen atoms in total. The molecule has 182 valence electrons. The number of rotatable bonds is 7. The maximum atomic E-state index is 13.3. The van der Waals surface area contributed by atoms with E-state index >= 15 is 0 Å². The predicted octanol–water partition coefficient (Wildman–Crippen LogP) is 1.72. The maximum absolute atomic E-state index is 13.3. The Labute approximate surface area is 195 Å². The Balaban J connectivity index is 1.32. The van der Waals surface area contributed by atoms with Crippen LogP contribution in [0, 0.1) is 12.8 Å². The van der Waals surface area contributed by atoms with Gasteiger partial charge < -0.3 is 20.3 Å². The van der Waals surface area contributed by atoms with Crippen molar-refractivity contribution in [3.63, 3.8) is 0 Å². The van der Waals surface area contributed by atoms with Gasteiger partial charge in [0.15, 0.2) is 6.10 Å². The van der Waals surface area contributed by atoms with Crippen LogP contribution in [0.15, 0.2) is 17.0 Å². The van der Waals surface area contributed by atoms with Crippen LogP contribution in [0.3, 0.4) is 0 Å². The van der Waals surface area contributed by atoms with Crippen molar-refractivity contribution in [2.75, 3.05) is 44.6 Å². The number of sulfonamides is 1. The lowest BCUT2D eigenvalue weighted by molar-refractivity contribution is -0.126. The van der Waals surface area contributed by atoms with E-state index in [1.54, 1.807) is 19.9 Å². The van der Waals surface area contributed by atoms with Crippen molar-refractivity contribution in [2.24, 2.45) is 5.92 Å². The molecular formula is C23H34N4O5S. The summed E-state index contributed by atoms with van der Waals surface area (Å²) >= 11 is 0. The van der Waals surface area contributed by atoms with E-state index in [1.165, 1.54) is 23.2 Å². The van der Waals surface area contributed by atoms with Crippen molar-refractivity contribution < 1.29 is 22.7 Å². The third-order valence-electron chi connectivity index (χ3n) is 6.80. The molecule has 1 aromatic rings. The quantitative estimate of drug-likeness (QED) is 0.578. The Morgan fingerprint density at radius 3 is 2.58 bits per heavy atom. The van der Waals surface area contributed by atoms with E-state index in [9.17, 15) is 18.0 Å². The third-order valence-corrected chi connectivity index (χ3v) is 8.84. The Hall–Kier alpha value is -2.17. The highest BCUT2D eigenvalue weighted by atomic mass is 32.2. The first-order valence-corrected chi connectivity index (χ1v) is 13.3. The number of ether oxygens (including phenoxy) is 1. The van der Waals surface area contributed by atoms with Crippen molar-refractivity contribution in [3.8, 4) is 5.75 Å². The Kier molecular flexibility index (Phi) is 7.25. The van der Waals surface area contributed by atoms with Crippen LogP contribution < -0.4 is 15.4 Å². The van der Waals surface area contributed by atoms with E-state index in [2.05, 4.69) is 15.5 Å². The van der Waals surface area contributed by atoms with Gasteiger partial charge in [0.2, 0.25) is 15.9 Å². The van der Waals surface area contributed by atoms with E-state index in [0.717, 1.165) is 26.1 Å². The summed E-state index contributed by atoms with van der Waals surface area (Å²) in [7, 11) is -3.73. The predicted molar refractivity (Wildman–Crippen MR) is 125 cm³/mol. The summed E-state index contributed by atoms with van der Waals surface area (Å²) in [6.07, 6.45) is 3.80. The summed E-state index contributed by atoms with van der Waals surface area (Å²) in [5, 5.41) is 5.77. The fraction of sp³-hybridized carbons (Fsp3) is 0.652. The average Bonchev–Trinajstić information content (AvgIpc) is 3.31. The van der Waals surface area contributed by atoms with Gasteiger partial charge in [0.05, 0.1) is 10.6 Å². The maximum Gasteiger partial charge on any atom is 0.265 e. The molecule has 0 saturated carbocycles. The van der Waals surface area contributed by atoms with Gasteiger partial charge in [-0.25, -0.2) is 8.42 Å². The summed E-state index contributed by atoms with van der Waals surface area (Å²) in [4.78, 5) is 27.0. The number of amides is 2. The molecule has 0 bridgehead atoms. The second kappa shape index (κ2) is 9.99. The fourth-order valence-electron chi connectivity index (χ4n) is 4.78. The van der Waals surface area contributed by atoms with E-state index in [-0.39, 0.29) is 22.6 Å². The van der Waals surface area contributed by atoms with Crippen LogP contribution in [0.25, 0.3) is 0 Å². The van der Waals surface area contributed by atoms with Crippen LogP contribution >= 0.6 is 0 Å². The molecule has 33 heavy (non-hydrogen) atoms. The van der Waals surface area contributed by atoms with Gasteiger partial charge in [-0.3, -0.25) is 9.59 Å². The standard InChI is InChI=1S/C23H34N4O5S/c1-16-14-19-20(32-17(2)22(28)25-19)15-21(16)33(30,31)27-12-6-18(7-13-27)23(29)24-8-5-11-26-9-3-4-10-26/h14-15,17-18H,3-13H2,1-2H3,(H,24,29)(H,25,28)/t17-/m0/s1. The largest absolute Gasteiger partial charge is 0.479 e. The van der Waals surface area contributed by atoms with Crippen molar-refractivity contribution in [2.45, 2.75) is 57.0 Å². The molecule has 0 aliphatic carbocycles. The number of carbonyl (C=O) groups excluding carboxylic acids is 2. The highest BCUT2D eigenvalue weighted by Gasteiger charge is 2.34. The molecule has 2 amide bonds. The summed E-state index contributed by atoms with van der Waals surface area (Å²) < 4.78 is 33.7. The van der Waals surface area contributed by atoms with E-state index < -0.39 is 16.1 Å². The van der Waals surface area contributed by atoms with Gasteiger partial charge in [-0.2, -0.15) is 4.31 Å². The third kappa shape index (κ3) is 5.33. The number of hydrogen-bond acceptors (Lipinski definition) is 6. The minimum atomic E-state index is -3.73. The first-order chi connectivity index (χ1) is 15.8. The minimum Gasteiger partial charge on any atom is -0.479 e. The molecule has 0 aromatic heterocycles. The summed E-state index contributed by atoms with van der Waals surface area (Å²) in [6, 6.07) is 3.13. The van der Waals surface area contributed by atoms with E-state index in [0.29, 0.717) is 49.5 Å². The van der Waals surface area contributed by atoms with E-state index in [4.69, 9.17) is 4.74 Å². The van der Waals surface area contributed by atoms with Crippen molar-refractivity contribution >= 4 is 27.5 Å². The highest BCUT2D eigenvalue weighted by molar-refractivity contribution is 7.89.